The smallest absolute Gasteiger partial charge is 0.250 e. The predicted molar refractivity (Wildman–Crippen MR) is 63.3 cm³/mol. The Morgan fingerprint density at radius 2 is 2.07 bits per heavy atom. The molecule has 0 radical (unpaired) electrons. The minimum Gasteiger partial charge on any atom is -0.344 e. The average molecular weight is 210 g/mol. The van der Waals surface area contributed by atoms with Crippen LogP contribution in [0, 0.1) is 0 Å². The van der Waals surface area contributed by atoms with Crippen LogP contribution in [-0.4, -0.2) is 36.7 Å². The number of amides is 1. The maximum Gasteiger partial charge on any atom is 0.250 e. The lowest BCUT2D eigenvalue weighted by molar-refractivity contribution is -0.135. The topological polar surface area (TPSA) is 32.7 Å². The number of hydrogen-bond acceptors (Lipinski definition) is 2. The van der Waals surface area contributed by atoms with Crippen molar-refractivity contribution in [2.75, 3.05) is 13.6 Å². The molecular weight excluding hydrogens is 188 g/mol. The second-order valence-electron chi connectivity index (χ2n) is 4.48. The van der Waals surface area contributed by atoms with Crippen molar-refractivity contribution >= 4 is 12.6 Å². The minimum atomic E-state index is -0.484. The highest BCUT2D eigenvalue weighted by Gasteiger charge is 2.41. The van der Waals surface area contributed by atoms with Crippen LogP contribution >= 0.6 is 0 Å². The summed E-state index contributed by atoms with van der Waals surface area (Å²) in [5, 5.41) is 0. The normalized spacial score (nSPS) is 18.8. The third-order valence-electron chi connectivity index (χ3n) is 3.33. The first-order valence-corrected chi connectivity index (χ1v) is 5.90. The Hall–Kier alpha value is -0.860. The van der Waals surface area contributed by atoms with Gasteiger partial charge in [-0.05, 0) is 26.0 Å². The van der Waals surface area contributed by atoms with Crippen molar-refractivity contribution in [2.45, 2.75) is 51.0 Å². The molecule has 0 N–H and O–H groups in total. The van der Waals surface area contributed by atoms with E-state index in [1.165, 1.54) is 0 Å². The zero-order valence-electron chi connectivity index (χ0n) is 9.96. The van der Waals surface area contributed by atoms with E-state index in [-0.39, 0.29) is 5.91 Å². The lowest BCUT2D eigenvalue weighted by atomic mass is 9.96. The summed E-state index contributed by atoms with van der Waals surface area (Å²) in [5.41, 5.74) is -0.484. The average Bonchev–Trinajstić information content (AvgIpc) is 2.74. The summed E-state index contributed by atoms with van der Waals surface area (Å²) >= 11 is 0. The highest BCUT2D eigenvalue weighted by atomic mass is 16.2. The van der Waals surface area contributed by atoms with Crippen molar-refractivity contribution in [3.05, 3.63) is 0 Å². The van der Waals surface area contributed by atoms with Gasteiger partial charge in [0.15, 0.2) is 0 Å². The molecule has 1 amide bonds. The van der Waals surface area contributed by atoms with Crippen LogP contribution in [0.3, 0.4) is 0 Å². The van der Waals surface area contributed by atoms with Crippen molar-refractivity contribution in [3.63, 3.8) is 0 Å². The van der Waals surface area contributed by atoms with E-state index >= 15 is 0 Å². The molecule has 0 unspecified atom stereocenters. The van der Waals surface area contributed by atoms with Gasteiger partial charge < -0.3 is 4.90 Å². The molecule has 0 atom stereocenters. The fraction of sp³-hybridized carbons (Fsp3) is 0.833. The van der Waals surface area contributed by atoms with Crippen LogP contribution in [0.1, 0.15) is 45.4 Å². The highest BCUT2D eigenvalue weighted by Crippen LogP contribution is 2.34. The quantitative estimate of drug-likeness (QED) is 0.641. The number of aliphatic imine (C=N–C) groups is 1. The van der Waals surface area contributed by atoms with E-state index in [2.05, 4.69) is 18.6 Å². The minimum absolute atomic E-state index is 0.170. The van der Waals surface area contributed by atoms with Crippen LogP contribution in [0.5, 0.6) is 0 Å². The van der Waals surface area contributed by atoms with Crippen LogP contribution in [0.4, 0.5) is 0 Å². The molecule has 3 nitrogen and oxygen atoms in total. The van der Waals surface area contributed by atoms with Gasteiger partial charge in [0.2, 0.25) is 5.91 Å². The Labute approximate surface area is 92.6 Å². The largest absolute Gasteiger partial charge is 0.344 e. The van der Waals surface area contributed by atoms with Crippen molar-refractivity contribution in [1.82, 2.24) is 4.90 Å². The number of rotatable bonds is 5. The molecule has 15 heavy (non-hydrogen) atoms. The van der Waals surface area contributed by atoms with E-state index in [4.69, 9.17) is 0 Å². The summed E-state index contributed by atoms with van der Waals surface area (Å²) in [5.74, 6) is 0.170. The van der Waals surface area contributed by atoms with Crippen molar-refractivity contribution in [2.24, 2.45) is 4.99 Å². The first kappa shape index (κ1) is 12.2. The molecule has 1 fully saturated rings. The van der Waals surface area contributed by atoms with E-state index < -0.39 is 5.54 Å². The molecule has 0 heterocycles. The number of likely N-dealkylation sites (N-methyl/N-ethyl adjacent to an activating group) is 1. The summed E-state index contributed by atoms with van der Waals surface area (Å²) in [7, 11) is 1.88. The van der Waals surface area contributed by atoms with Crippen LogP contribution < -0.4 is 0 Å². The number of unbranched alkanes of at least 4 members (excludes halogenated alkanes) is 1. The number of nitrogens with zero attached hydrogens (tertiary/aromatic N) is 2. The van der Waals surface area contributed by atoms with Gasteiger partial charge in [-0.2, -0.15) is 0 Å². The summed E-state index contributed by atoms with van der Waals surface area (Å²) in [6.07, 6.45) is 6.15. The van der Waals surface area contributed by atoms with Crippen molar-refractivity contribution in [1.29, 1.82) is 0 Å². The number of carbonyl (C=O) groups excluding carboxylic acids is 1. The van der Waals surface area contributed by atoms with Gasteiger partial charge in [-0.3, -0.25) is 9.79 Å². The predicted octanol–water partition coefficient (Wildman–Crippen LogP) is 2.26. The van der Waals surface area contributed by atoms with Crippen LogP contribution in [0.15, 0.2) is 4.99 Å². The van der Waals surface area contributed by atoms with E-state index in [9.17, 15) is 4.79 Å². The molecule has 86 valence electrons. The van der Waals surface area contributed by atoms with Crippen LogP contribution in [0.25, 0.3) is 0 Å². The zero-order valence-corrected chi connectivity index (χ0v) is 9.96. The Balaban J connectivity index is 2.60. The van der Waals surface area contributed by atoms with Gasteiger partial charge in [0.25, 0.3) is 0 Å². The van der Waals surface area contributed by atoms with Crippen LogP contribution in [0.2, 0.25) is 0 Å². The Morgan fingerprint density at radius 3 is 2.53 bits per heavy atom. The van der Waals surface area contributed by atoms with Gasteiger partial charge in [0.1, 0.15) is 5.54 Å². The van der Waals surface area contributed by atoms with Gasteiger partial charge in [-0.15, -0.1) is 0 Å². The van der Waals surface area contributed by atoms with E-state index in [1.54, 1.807) is 0 Å². The highest BCUT2D eigenvalue weighted by molar-refractivity contribution is 5.87. The lowest BCUT2D eigenvalue weighted by Crippen LogP contribution is -2.44. The van der Waals surface area contributed by atoms with Crippen molar-refractivity contribution in [3.8, 4) is 0 Å². The molecule has 0 saturated heterocycles. The zero-order chi connectivity index (χ0) is 11.3. The van der Waals surface area contributed by atoms with Gasteiger partial charge in [-0.25, -0.2) is 0 Å². The Morgan fingerprint density at radius 1 is 1.47 bits per heavy atom. The third kappa shape index (κ3) is 2.58. The molecule has 1 rings (SSSR count). The molecule has 3 heteroatoms. The standard InChI is InChI=1S/C12H22N2O/c1-4-5-10-14(3)11(15)12(13-2)8-6-7-9-12/h2,4-10H2,1,3H3. The lowest BCUT2D eigenvalue weighted by Gasteiger charge is -2.28. The first-order chi connectivity index (χ1) is 7.16. The Bertz CT molecular complexity index is 232. The number of hydrogen-bond donors (Lipinski definition) is 0. The molecule has 0 aliphatic heterocycles. The molecule has 1 saturated carbocycles. The summed E-state index contributed by atoms with van der Waals surface area (Å²) in [6.45, 7) is 6.58. The summed E-state index contributed by atoms with van der Waals surface area (Å²) < 4.78 is 0. The maximum atomic E-state index is 12.2. The summed E-state index contributed by atoms with van der Waals surface area (Å²) in [4.78, 5) is 18.1. The molecule has 0 aromatic carbocycles. The van der Waals surface area contributed by atoms with Gasteiger partial charge in [-0.1, -0.05) is 26.2 Å². The maximum absolute atomic E-state index is 12.2. The van der Waals surface area contributed by atoms with Crippen LogP contribution in [-0.2, 0) is 4.79 Å². The van der Waals surface area contributed by atoms with E-state index in [0.717, 1.165) is 45.1 Å². The fourth-order valence-electron chi connectivity index (χ4n) is 2.25. The molecule has 0 spiro atoms. The SMILES string of the molecule is C=NC1(C(=O)N(C)CCCC)CCCC1. The molecule has 0 bridgehead atoms. The molecule has 1 aliphatic rings. The third-order valence-corrected chi connectivity index (χ3v) is 3.33. The van der Waals surface area contributed by atoms with Gasteiger partial charge in [0, 0.05) is 13.6 Å². The first-order valence-electron chi connectivity index (χ1n) is 5.90. The van der Waals surface area contributed by atoms with Crippen molar-refractivity contribution < 1.29 is 4.79 Å². The monoisotopic (exact) mass is 210 g/mol. The second kappa shape index (κ2) is 5.29. The fourth-order valence-corrected chi connectivity index (χ4v) is 2.25. The van der Waals surface area contributed by atoms with Gasteiger partial charge in [0.05, 0.1) is 0 Å². The molecule has 0 aromatic heterocycles. The van der Waals surface area contributed by atoms with Gasteiger partial charge >= 0.3 is 0 Å². The Kier molecular flexibility index (Phi) is 4.30. The van der Waals surface area contributed by atoms with E-state index in [1.807, 2.05) is 11.9 Å². The summed E-state index contributed by atoms with van der Waals surface area (Å²) in [6, 6.07) is 0. The number of carbonyl (C=O) groups is 1. The molecule has 0 aromatic rings. The second-order valence-corrected chi connectivity index (χ2v) is 4.48. The molecule has 1 aliphatic carbocycles. The van der Waals surface area contributed by atoms with E-state index in [0.29, 0.717) is 0 Å². The molecular formula is C12H22N2O.